The summed E-state index contributed by atoms with van der Waals surface area (Å²) in [6, 6.07) is 15.0. The second-order valence-electron chi connectivity index (χ2n) is 7.61. The predicted octanol–water partition coefficient (Wildman–Crippen LogP) is 4.98. The molecule has 1 unspecified atom stereocenters. The number of sulfonamides is 1. The molecule has 0 heterocycles. The molecule has 2 aromatic rings. The van der Waals surface area contributed by atoms with E-state index in [0.29, 0.717) is 4.90 Å². The molecule has 3 nitrogen and oxygen atoms in total. The molecule has 0 amide bonds. The lowest BCUT2D eigenvalue weighted by Gasteiger charge is -2.20. The van der Waals surface area contributed by atoms with Gasteiger partial charge < -0.3 is 0 Å². The summed E-state index contributed by atoms with van der Waals surface area (Å²) in [7, 11) is -3.54. The molecular weight excluding hydrogens is 330 g/mol. The van der Waals surface area contributed by atoms with Gasteiger partial charge in [0.2, 0.25) is 10.0 Å². The van der Waals surface area contributed by atoms with Crippen molar-refractivity contribution in [3.63, 3.8) is 0 Å². The largest absolute Gasteiger partial charge is 0.241 e. The molecule has 2 rings (SSSR count). The predicted molar refractivity (Wildman–Crippen MR) is 104 cm³/mol. The normalized spacial score (nSPS) is 13.6. The minimum atomic E-state index is -3.54. The summed E-state index contributed by atoms with van der Waals surface area (Å²) in [6.45, 7) is 10.3. The van der Waals surface area contributed by atoms with Gasteiger partial charge in [0, 0.05) is 6.04 Å². The number of hydrogen-bond donors (Lipinski definition) is 1. The molecule has 1 N–H and O–H groups in total. The third-order valence-corrected chi connectivity index (χ3v) is 5.94. The second kappa shape index (κ2) is 7.71. The highest BCUT2D eigenvalue weighted by molar-refractivity contribution is 7.89. The van der Waals surface area contributed by atoms with Gasteiger partial charge in [-0.3, -0.25) is 0 Å². The summed E-state index contributed by atoms with van der Waals surface area (Å²) >= 11 is 0. The average Bonchev–Trinajstić information content (AvgIpc) is 2.55. The van der Waals surface area contributed by atoms with Gasteiger partial charge in [-0.1, -0.05) is 70.5 Å². The third-order valence-electron chi connectivity index (χ3n) is 4.38. The first-order valence-corrected chi connectivity index (χ1v) is 10.3. The van der Waals surface area contributed by atoms with Gasteiger partial charge in [-0.25, -0.2) is 13.1 Å². The molecule has 1 atom stereocenters. The fourth-order valence-corrected chi connectivity index (χ4v) is 4.00. The second-order valence-corrected chi connectivity index (χ2v) is 9.32. The molecule has 0 aliphatic heterocycles. The van der Waals surface area contributed by atoms with E-state index in [1.165, 1.54) is 5.56 Å². The van der Waals surface area contributed by atoms with Crippen molar-refractivity contribution in [1.82, 2.24) is 4.72 Å². The van der Waals surface area contributed by atoms with E-state index < -0.39 is 10.0 Å². The molecule has 2 aromatic carbocycles. The summed E-state index contributed by atoms with van der Waals surface area (Å²) < 4.78 is 28.0. The van der Waals surface area contributed by atoms with Crippen LogP contribution in [-0.4, -0.2) is 8.42 Å². The van der Waals surface area contributed by atoms with Gasteiger partial charge in [0.05, 0.1) is 4.90 Å². The van der Waals surface area contributed by atoms with Crippen molar-refractivity contribution >= 4 is 10.0 Å². The van der Waals surface area contributed by atoms with Crippen molar-refractivity contribution in [2.24, 2.45) is 0 Å². The van der Waals surface area contributed by atoms with Crippen LogP contribution in [0.25, 0.3) is 0 Å². The van der Waals surface area contributed by atoms with Gasteiger partial charge in [0.25, 0.3) is 0 Å². The van der Waals surface area contributed by atoms with E-state index in [9.17, 15) is 8.42 Å². The van der Waals surface area contributed by atoms with Crippen molar-refractivity contribution in [2.75, 3.05) is 0 Å². The number of benzene rings is 2. The molecule has 0 aromatic heterocycles. The van der Waals surface area contributed by atoms with Gasteiger partial charge in [-0.2, -0.15) is 0 Å². The molecule has 4 heteroatoms. The van der Waals surface area contributed by atoms with Crippen LogP contribution in [-0.2, 0) is 21.9 Å². The van der Waals surface area contributed by atoms with Crippen molar-refractivity contribution in [2.45, 2.75) is 63.8 Å². The van der Waals surface area contributed by atoms with Gasteiger partial charge in [-0.05, 0) is 47.6 Å². The van der Waals surface area contributed by atoms with Gasteiger partial charge in [-0.15, -0.1) is 0 Å². The number of nitrogens with one attached hydrogen (secondary N) is 1. The van der Waals surface area contributed by atoms with Crippen LogP contribution in [0, 0.1) is 0 Å². The summed E-state index contributed by atoms with van der Waals surface area (Å²) in [6.07, 6.45) is 2.15. The summed E-state index contributed by atoms with van der Waals surface area (Å²) in [5.41, 5.74) is 3.36. The maximum absolute atomic E-state index is 12.6. The molecule has 0 saturated heterocycles. The smallest absolute Gasteiger partial charge is 0.207 e. The van der Waals surface area contributed by atoms with Crippen LogP contribution in [0.4, 0.5) is 0 Å². The lowest BCUT2D eigenvalue weighted by atomic mass is 9.87. The number of rotatable bonds is 6. The van der Waals surface area contributed by atoms with Crippen LogP contribution in [0.1, 0.15) is 63.8 Å². The standard InChI is InChI=1S/C21H29NO2S/c1-6-7-17-8-10-18(11-9-17)16(2)22-25(23,24)20-14-12-19(13-15-20)21(3,4)5/h8-16,22H,6-7H2,1-5H3. The van der Waals surface area contributed by atoms with Crippen LogP contribution < -0.4 is 4.72 Å². The minimum absolute atomic E-state index is 0.00322. The Kier molecular flexibility index (Phi) is 6.07. The minimum Gasteiger partial charge on any atom is -0.207 e. The molecule has 0 radical (unpaired) electrons. The van der Waals surface area contributed by atoms with Crippen LogP contribution in [0.5, 0.6) is 0 Å². The molecule has 0 aliphatic rings. The Morgan fingerprint density at radius 2 is 1.52 bits per heavy atom. The molecule has 0 bridgehead atoms. The van der Waals surface area contributed by atoms with E-state index in [2.05, 4.69) is 44.5 Å². The van der Waals surface area contributed by atoms with E-state index in [0.717, 1.165) is 24.0 Å². The topological polar surface area (TPSA) is 46.2 Å². The highest BCUT2D eigenvalue weighted by atomic mass is 32.2. The Morgan fingerprint density at radius 1 is 0.960 bits per heavy atom. The van der Waals surface area contributed by atoms with E-state index in [-0.39, 0.29) is 11.5 Å². The maximum atomic E-state index is 12.6. The van der Waals surface area contributed by atoms with Crippen molar-refractivity contribution in [3.8, 4) is 0 Å². The summed E-state index contributed by atoms with van der Waals surface area (Å²) in [4.78, 5) is 0.301. The molecule has 0 aliphatic carbocycles. The van der Waals surface area contributed by atoms with Crippen molar-refractivity contribution in [1.29, 1.82) is 0 Å². The number of hydrogen-bond acceptors (Lipinski definition) is 2. The highest BCUT2D eigenvalue weighted by Crippen LogP contribution is 2.24. The zero-order chi connectivity index (χ0) is 18.7. The Labute approximate surface area is 152 Å². The molecule has 0 fully saturated rings. The first-order chi connectivity index (χ1) is 11.6. The first kappa shape index (κ1) is 19.7. The van der Waals surface area contributed by atoms with Gasteiger partial charge >= 0.3 is 0 Å². The third kappa shape index (κ3) is 5.16. The number of aryl methyl sites for hydroxylation is 1. The average molecular weight is 360 g/mol. The Hall–Kier alpha value is -1.65. The Bertz CT molecular complexity index is 785. The van der Waals surface area contributed by atoms with Gasteiger partial charge in [0.1, 0.15) is 0 Å². The van der Waals surface area contributed by atoms with Gasteiger partial charge in [0.15, 0.2) is 0 Å². The molecule has 136 valence electrons. The zero-order valence-electron chi connectivity index (χ0n) is 15.8. The van der Waals surface area contributed by atoms with E-state index in [1.807, 2.05) is 31.2 Å². The van der Waals surface area contributed by atoms with Crippen LogP contribution in [0.15, 0.2) is 53.4 Å². The molecule has 0 spiro atoms. The molecule has 0 saturated carbocycles. The Morgan fingerprint density at radius 3 is 2.00 bits per heavy atom. The SMILES string of the molecule is CCCc1ccc(C(C)NS(=O)(=O)c2ccc(C(C)(C)C)cc2)cc1. The van der Waals surface area contributed by atoms with Crippen LogP contribution >= 0.6 is 0 Å². The fraction of sp³-hybridized carbons (Fsp3) is 0.429. The summed E-state index contributed by atoms with van der Waals surface area (Å²) in [5, 5.41) is 0. The van der Waals surface area contributed by atoms with Crippen LogP contribution in [0.2, 0.25) is 0 Å². The summed E-state index contributed by atoms with van der Waals surface area (Å²) in [5.74, 6) is 0. The Balaban J connectivity index is 2.14. The van der Waals surface area contributed by atoms with E-state index >= 15 is 0 Å². The van der Waals surface area contributed by atoms with E-state index in [1.54, 1.807) is 12.1 Å². The highest BCUT2D eigenvalue weighted by Gasteiger charge is 2.20. The molecular formula is C21H29NO2S. The van der Waals surface area contributed by atoms with Crippen molar-refractivity contribution in [3.05, 3.63) is 65.2 Å². The van der Waals surface area contributed by atoms with E-state index in [4.69, 9.17) is 0 Å². The quantitative estimate of drug-likeness (QED) is 0.791. The monoisotopic (exact) mass is 359 g/mol. The maximum Gasteiger partial charge on any atom is 0.241 e. The first-order valence-electron chi connectivity index (χ1n) is 8.85. The lowest BCUT2D eigenvalue weighted by molar-refractivity contribution is 0.565. The molecule has 25 heavy (non-hydrogen) atoms. The van der Waals surface area contributed by atoms with Crippen LogP contribution in [0.3, 0.4) is 0 Å². The fourth-order valence-electron chi connectivity index (χ4n) is 2.76. The lowest BCUT2D eigenvalue weighted by Crippen LogP contribution is -2.27. The van der Waals surface area contributed by atoms with Crippen molar-refractivity contribution < 1.29 is 8.42 Å². The zero-order valence-corrected chi connectivity index (χ0v) is 16.7.